The highest BCUT2D eigenvalue weighted by Crippen LogP contribution is 2.35. The van der Waals surface area contributed by atoms with Crippen molar-refractivity contribution < 1.29 is 18.7 Å². The van der Waals surface area contributed by atoms with Crippen molar-refractivity contribution >= 4 is 45.3 Å². The number of rotatable bonds is 9. The molecule has 208 valence electrons. The number of aromatic nitrogens is 2. The second kappa shape index (κ2) is 12.3. The molecule has 0 aliphatic carbocycles. The number of amides is 1. The van der Waals surface area contributed by atoms with Crippen LogP contribution in [0.25, 0.3) is 21.3 Å². The molecule has 8 nitrogen and oxygen atoms in total. The molecule has 1 amide bonds. The van der Waals surface area contributed by atoms with Crippen LogP contribution in [-0.2, 0) is 17.9 Å². The normalized spacial score (nSPS) is 11.2. The lowest BCUT2D eigenvalue weighted by molar-refractivity contribution is -0.121. The highest BCUT2D eigenvalue weighted by molar-refractivity contribution is 7.19. The Labute approximate surface area is 243 Å². The maximum atomic E-state index is 14.1. The minimum atomic E-state index is -0.494. The van der Waals surface area contributed by atoms with Crippen LogP contribution < -0.4 is 20.5 Å². The lowest BCUT2D eigenvalue weighted by atomic mass is 10.0. The third-order valence-electron chi connectivity index (χ3n) is 6.26. The summed E-state index contributed by atoms with van der Waals surface area (Å²) in [5.74, 6) is -0.185. The molecule has 1 N–H and O–H groups in total. The molecule has 0 unspecified atom stereocenters. The van der Waals surface area contributed by atoms with Crippen molar-refractivity contribution in [1.82, 2.24) is 15.0 Å². The van der Waals surface area contributed by atoms with E-state index in [9.17, 15) is 14.0 Å². The highest BCUT2D eigenvalue weighted by atomic mass is 35.5. The van der Waals surface area contributed by atoms with Crippen LogP contribution in [0.15, 0.2) is 83.0 Å². The van der Waals surface area contributed by atoms with Crippen LogP contribution in [0.1, 0.15) is 16.0 Å². The van der Waals surface area contributed by atoms with Gasteiger partial charge in [-0.1, -0.05) is 48.0 Å². The van der Waals surface area contributed by atoms with Crippen molar-refractivity contribution in [1.29, 1.82) is 0 Å². The Kier molecular flexibility index (Phi) is 8.42. The molecule has 0 saturated carbocycles. The summed E-state index contributed by atoms with van der Waals surface area (Å²) in [7, 11) is 1.47. The Morgan fingerprint density at radius 1 is 1.15 bits per heavy atom. The van der Waals surface area contributed by atoms with Crippen molar-refractivity contribution in [2.24, 2.45) is 5.10 Å². The van der Waals surface area contributed by atoms with Gasteiger partial charge in [0.1, 0.15) is 23.8 Å². The second-order valence-electron chi connectivity index (χ2n) is 8.95. The number of hydrogen-bond acceptors (Lipinski definition) is 7. The molecule has 41 heavy (non-hydrogen) atoms. The van der Waals surface area contributed by atoms with Gasteiger partial charge in [0.05, 0.1) is 30.1 Å². The molecule has 0 saturated heterocycles. The molecule has 11 heteroatoms. The Balaban J connectivity index is 1.26. The van der Waals surface area contributed by atoms with E-state index >= 15 is 0 Å². The number of benzene rings is 3. The minimum absolute atomic E-state index is 0.0802. The number of hydrogen-bond donors (Lipinski definition) is 1. The van der Waals surface area contributed by atoms with E-state index in [-0.39, 0.29) is 29.3 Å². The minimum Gasteiger partial charge on any atom is -0.493 e. The lowest BCUT2D eigenvalue weighted by Gasteiger charge is -2.12. The van der Waals surface area contributed by atoms with Gasteiger partial charge in [-0.25, -0.2) is 14.8 Å². The second-order valence-corrected chi connectivity index (χ2v) is 10.6. The SMILES string of the molecule is COc1cc(/C=N\NC(=O)Cn2cnc3sc(C)c(-c4ccccc4)c3c2=O)ccc1OCc1c(F)cccc1Cl. The molecular formula is C30H24ClFN4O4S. The standard InChI is InChI=1S/C30H24ClFN4O4S/c1-18-27(20-7-4-3-5-8-20)28-29(41-18)33-17-36(30(28)38)15-26(37)35-34-14-19-11-12-24(25(13-19)39-2)40-16-21-22(31)9-6-10-23(21)32/h3-14,17H,15-16H2,1-2H3,(H,35,37)/b34-14-. The van der Waals surface area contributed by atoms with Crippen LogP contribution in [0.4, 0.5) is 4.39 Å². The predicted octanol–water partition coefficient (Wildman–Crippen LogP) is 5.96. The molecule has 0 aliphatic heterocycles. The van der Waals surface area contributed by atoms with Crippen LogP contribution >= 0.6 is 22.9 Å². The van der Waals surface area contributed by atoms with E-state index in [2.05, 4.69) is 15.5 Å². The van der Waals surface area contributed by atoms with Crippen molar-refractivity contribution in [3.05, 3.63) is 110 Å². The average molecular weight is 591 g/mol. The van der Waals surface area contributed by atoms with E-state index in [1.807, 2.05) is 37.3 Å². The summed E-state index contributed by atoms with van der Waals surface area (Å²) in [6.45, 7) is 1.62. The van der Waals surface area contributed by atoms with Crippen LogP contribution in [0.2, 0.25) is 5.02 Å². The van der Waals surface area contributed by atoms with Gasteiger partial charge >= 0.3 is 0 Å². The van der Waals surface area contributed by atoms with Gasteiger partial charge in [0.25, 0.3) is 11.5 Å². The van der Waals surface area contributed by atoms with E-state index in [0.717, 1.165) is 16.0 Å². The topological polar surface area (TPSA) is 94.8 Å². The number of aryl methyl sites for hydroxylation is 1. The number of halogens is 2. The molecular weight excluding hydrogens is 567 g/mol. The fourth-order valence-electron chi connectivity index (χ4n) is 4.28. The Bertz CT molecular complexity index is 1800. The number of nitrogens with one attached hydrogen (secondary N) is 1. The zero-order valence-corrected chi connectivity index (χ0v) is 23.6. The summed E-state index contributed by atoms with van der Waals surface area (Å²) in [4.78, 5) is 31.9. The number of thiophene rings is 1. The average Bonchev–Trinajstić information content (AvgIpc) is 3.31. The molecule has 2 heterocycles. The number of carbonyl (C=O) groups excluding carboxylic acids is 1. The van der Waals surface area contributed by atoms with Gasteiger partial charge in [0, 0.05) is 16.0 Å². The fourth-order valence-corrected chi connectivity index (χ4v) is 5.50. The van der Waals surface area contributed by atoms with Crippen LogP contribution in [0, 0.1) is 12.7 Å². The van der Waals surface area contributed by atoms with Gasteiger partial charge in [-0.2, -0.15) is 5.10 Å². The first-order valence-electron chi connectivity index (χ1n) is 12.4. The molecule has 0 atom stereocenters. The summed E-state index contributed by atoms with van der Waals surface area (Å²) < 4.78 is 26.4. The van der Waals surface area contributed by atoms with Crippen LogP contribution in [0.5, 0.6) is 11.5 Å². The monoisotopic (exact) mass is 590 g/mol. The third-order valence-corrected chi connectivity index (χ3v) is 7.62. The van der Waals surface area contributed by atoms with Gasteiger partial charge in [-0.15, -0.1) is 11.3 Å². The van der Waals surface area contributed by atoms with E-state index in [4.69, 9.17) is 21.1 Å². The van der Waals surface area contributed by atoms with Crippen molar-refractivity contribution in [2.45, 2.75) is 20.1 Å². The van der Waals surface area contributed by atoms with Gasteiger partial charge in [0.2, 0.25) is 0 Å². The van der Waals surface area contributed by atoms with E-state index < -0.39 is 11.7 Å². The summed E-state index contributed by atoms with van der Waals surface area (Å²) in [6, 6.07) is 19.0. The number of nitrogens with zero attached hydrogens (tertiary/aromatic N) is 3. The summed E-state index contributed by atoms with van der Waals surface area (Å²) in [5, 5.41) is 4.76. The Morgan fingerprint density at radius 3 is 2.71 bits per heavy atom. The number of fused-ring (bicyclic) bond motifs is 1. The largest absolute Gasteiger partial charge is 0.493 e. The first-order valence-corrected chi connectivity index (χ1v) is 13.6. The maximum absolute atomic E-state index is 14.1. The number of methoxy groups -OCH3 is 1. The molecule has 2 aromatic heterocycles. The predicted molar refractivity (Wildman–Crippen MR) is 159 cm³/mol. The molecule has 5 rings (SSSR count). The summed E-state index contributed by atoms with van der Waals surface area (Å²) in [6.07, 6.45) is 2.80. The number of carbonyl (C=O) groups is 1. The Hall–Kier alpha value is -4.54. The molecule has 0 spiro atoms. The fraction of sp³-hybridized carbons (Fsp3) is 0.133. The molecule has 0 fully saturated rings. The zero-order chi connectivity index (χ0) is 28.9. The lowest BCUT2D eigenvalue weighted by Crippen LogP contribution is -2.30. The third kappa shape index (κ3) is 6.13. The van der Waals surface area contributed by atoms with Gasteiger partial charge in [-0.05, 0) is 48.4 Å². The van der Waals surface area contributed by atoms with Crippen molar-refractivity contribution in [3.63, 3.8) is 0 Å². The molecule has 5 aromatic rings. The zero-order valence-electron chi connectivity index (χ0n) is 22.1. The summed E-state index contributed by atoms with van der Waals surface area (Å²) >= 11 is 7.51. The first kappa shape index (κ1) is 28.0. The molecule has 0 radical (unpaired) electrons. The smallest absolute Gasteiger partial charge is 0.263 e. The highest BCUT2D eigenvalue weighted by Gasteiger charge is 2.17. The number of ether oxygens (including phenoxy) is 2. The van der Waals surface area contributed by atoms with E-state index in [0.29, 0.717) is 27.3 Å². The molecule has 0 aliphatic rings. The number of hydrazone groups is 1. The van der Waals surface area contributed by atoms with Crippen molar-refractivity contribution in [3.8, 4) is 22.6 Å². The van der Waals surface area contributed by atoms with Gasteiger partial charge < -0.3 is 9.47 Å². The van der Waals surface area contributed by atoms with Gasteiger partial charge in [-0.3, -0.25) is 14.2 Å². The summed E-state index contributed by atoms with van der Waals surface area (Å²) in [5.41, 5.74) is 4.74. The quantitative estimate of drug-likeness (QED) is 0.169. The first-order chi connectivity index (χ1) is 19.9. The van der Waals surface area contributed by atoms with Crippen LogP contribution in [-0.4, -0.2) is 28.8 Å². The Morgan fingerprint density at radius 2 is 1.95 bits per heavy atom. The molecule has 3 aromatic carbocycles. The van der Waals surface area contributed by atoms with E-state index in [1.165, 1.54) is 47.7 Å². The van der Waals surface area contributed by atoms with Crippen molar-refractivity contribution in [2.75, 3.05) is 7.11 Å². The maximum Gasteiger partial charge on any atom is 0.263 e. The molecule has 0 bridgehead atoms. The van der Waals surface area contributed by atoms with E-state index in [1.54, 1.807) is 24.3 Å². The van der Waals surface area contributed by atoms with Crippen LogP contribution in [0.3, 0.4) is 0 Å². The van der Waals surface area contributed by atoms with Gasteiger partial charge in [0.15, 0.2) is 11.5 Å².